The highest BCUT2D eigenvalue weighted by atomic mass is 14.8. The van der Waals surface area contributed by atoms with E-state index in [1.165, 1.54) is 6.33 Å². The van der Waals surface area contributed by atoms with E-state index in [2.05, 4.69) is 140 Å². The standard InChI is InChI=1S/C6H6.C5H5N.C4H4N2.6C4H10.3C2H6/c2*1-2-4-6-5-3-1;1-2-5-4-6-3-1;6*1-4(2)3;3*1-2/h1-6H;1-5H;1-4H;6*4H,1-3H3;3*1-2H3. The molecular weight excluding hydrogens is 583 g/mol. The Balaban J connectivity index is -0.0000000503. The van der Waals surface area contributed by atoms with E-state index in [1.54, 1.807) is 30.9 Å². The molecule has 0 amide bonds. The molecule has 0 N–H and O–H groups in total. The van der Waals surface area contributed by atoms with E-state index in [4.69, 9.17) is 0 Å². The summed E-state index contributed by atoms with van der Waals surface area (Å²) in [4.78, 5) is 11.1. The second-order valence-corrected chi connectivity index (χ2v) is 13.5. The van der Waals surface area contributed by atoms with E-state index in [9.17, 15) is 0 Å². The highest BCUT2D eigenvalue weighted by Gasteiger charge is 1.70. The maximum atomic E-state index is 3.78. The summed E-state index contributed by atoms with van der Waals surface area (Å²) in [6.45, 7) is 51.0. The van der Waals surface area contributed by atoms with Crippen LogP contribution in [0.15, 0.2) is 91.8 Å². The molecule has 0 saturated carbocycles. The van der Waals surface area contributed by atoms with Crippen LogP contribution in [-0.2, 0) is 0 Å². The molecule has 0 aliphatic carbocycles. The first kappa shape index (κ1) is 67.6. The third-order valence-corrected chi connectivity index (χ3v) is 1.71. The van der Waals surface area contributed by atoms with E-state index < -0.39 is 0 Å². The summed E-state index contributed by atoms with van der Waals surface area (Å²) in [6, 6.07) is 19.5. The van der Waals surface area contributed by atoms with Crippen LogP contribution < -0.4 is 0 Å². The van der Waals surface area contributed by atoms with Gasteiger partial charge in [0.05, 0.1) is 0 Å². The quantitative estimate of drug-likeness (QED) is 0.238. The maximum Gasteiger partial charge on any atom is 0.115 e. The molecule has 288 valence electrons. The van der Waals surface area contributed by atoms with Gasteiger partial charge in [0.1, 0.15) is 6.33 Å². The summed E-state index contributed by atoms with van der Waals surface area (Å²) in [5, 5.41) is 0. The smallest absolute Gasteiger partial charge is 0.115 e. The lowest BCUT2D eigenvalue weighted by Gasteiger charge is -1.79. The van der Waals surface area contributed by atoms with E-state index in [-0.39, 0.29) is 0 Å². The van der Waals surface area contributed by atoms with Crippen LogP contribution in [0.4, 0.5) is 0 Å². The summed E-state index contributed by atoms with van der Waals surface area (Å²) >= 11 is 0. The molecule has 0 spiro atoms. The average molecular weight is 676 g/mol. The topological polar surface area (TPSA) is 38.7 Å². The van der Waals surface area contributed by atoms with Crippen molar-refractivity contribution in [1.29, 1.82) is 0 Å². The van der Waals surface area contributed by atoms with E-state index >= 15 is 0 Å². The van der Waals surface area contributed by atoms with Crippen LogP contribution in [0, 0.1) is 35.5 Å². The van der Waals surface area contributed by atoms with Crippen molar-refractivity contribution in [2.45, 2.75) is 166 Å². The van der Waals surface area contributed by atoms with Gasteiger partial charge in [-0.1, -0.05) is 209 Å². The van der Waals surface area contributed by atoms with Gasteiger partial charge in [-0.25, -0.2) is 9.97 Å². The van der Waals surface area contributed by atoms with Crippen LogP contribution in [-0.4, -0.2) is 15.0 Å². The van der Waals surface area contributed by atoms with Crippen molar-refractivity contribution in [2.75, 3.05) is 0 Å². The Morgan fingerprint density at radius 3 is 0.438 bits per heavy atom. The van der Waals surface area contributed by atoms with Crippen molar-refractivity contribution < 1.29 is 0 Å². The van der Waals surface area contributed by atoms with E-state index in [0.29, 0.717) is 0 Å². The lowest BCUT2D eigenvalue weighted by Crippen LogP contribution is -1.66. The van der Waals surface area contributed by atoms with Crippen molar-refractivity contribution in [3.63, 3.8) is 0 Å². The Morgan fingerprint density at radius 1 is 0.229 bits per heavy atom. The van der Waals surface area contributed by atoms with Crippen LogP contribution in [0.5, 0.6) is 0 Å². The van der Waals surface area contributed by atoms with Gasteiger partial charge in [0.2, 0.25) is 0 Å². The molecule has 0 atom stereocenters. The van der Waals surface area contributed by atoms with Gasteiger partial charge in [-0.05, 0) is 53.7 Å². The average Bonchev–Trinajstić information content (AvgIpc) is 3.02. The molecule has 0 fully saturated rings. The molecule has 0 radical (unpaired) electrons. The molecule has 1 aromatic carbocycles. The fourth-order valence-corrected chi connectivity index (χ4v) is 0.951. The van der Waals surface area contributed by atoms with Gasteiger partial charge in [-0.2, -0.15) is 0 Å². The molecule has 3 nitrogen and oxygen atoms in total. The van der Waals surface area contributed by atoms with Gasteiger partial charge in [-0.15, -0.1) is 0 Å². The SMILES string of the molecule is CC.CC.CC.CC(C)C.CC(C)C.CC(C)C.CC(C)C.CC(C)C.CC(C)C.c1ccccc1.c1ccncc1.c1cncnc1. The van der Waals surface area contributed by atoms with Crippen molar-refractivity contribution in [3.05, 3.63) is 91.8 Å². The van der Waals surface area contributed by atoms with Gasteiger partial charge < -0.3 is 0 Å². The Hall–Kier alpha value is -2.55. The molecule has 0 aliphatic heterocycles. The number of benzene rings is 1. The fraction of sp³-hybridized carbons (Fsp3) is 0.667. The van der Waals surface area contributed by atoms with Crippen LogP contribution in [0.25, 0.3) is 0 Å². The summed E-state index contributed by atoms with van der Waals surface area (Å²) in [5.74, 6) is 5.00. The van der Waals surface area contributed by atoms with E-state index in [0.717, 1.165) is 35.5 Å². The molecular formula is C45H93N3. The normalized spacial score (nSPS) is 7.88. The molecule has 3 aromatic rings. The zero-order valence-electron chi connectivity index (χ0n) is 37.5. The fourth-order valence-electron chi connectivity index (χ4n) is 0.951. The van der Waals surface area contributed by atoms with Crippen LogP contribution >= 0.6 is 0 Å². The van der Waals surface area contributed by atoms with Gasteiger partial charge >= 0.3 is 0 Å². The zero-order valence-corrected chi connectivity index (χ0v) is 37.5. The number of hydrogen-bond donors (Lipinski definition) is 0. The minimum atomic E-state index is 0.833. The van der Waals surface area contributed by atoms with Gasteiger partial charge in [0.15, 0.2) is 0 Å². The summed E-state index contributed by atoms with van der Waals surface area (Å²) < 4.78 is 0. The Kier molecular flexibility index (Phi) is 106. The molecule has 0 unspecified atom stereocenters. The number of rotatable bonds is 0. The highest BCUT2D eigenvalue weighted by Crippen LogP contribution is 1.83. The number of nitrogens with zero attached hydrogens (tertiary/aromatic N) is 3. The Labute approximate surface area is 307 Å². The van der Waals surface area contributed by atoms with Crippen LogP contribution in [0.3, 0.4) is 0 Å². The summed E-state index contributed by atoms with van der Waals surface area (Å²) in [5.41, 5.74) is 0. The lowest BCUT2D eigenvalue weighted by molar-refractivity contribution is 0.736. The van der Waals surface area contributed by atoms with Crippen molar-refractivity contribution in [2.24, 2.45) is 35.5 Å². The van der Waals surface area contributed by atoms with Gasteiger partial charge in [-0.3, -0.25) is 4.98 Å². The molecule has 0 aliphatic rings. The summed E-state index contributed by atoms with van der Waals surface area (Å²) in [6.07, 6.45) is 8.38. The second-order valence-electron chi connectivity index (χ2n) is 13.5. The first-order valence-electron chi connectivity index (χ1n) is 18.9. The molecule has 2 aromatic heterocycles. The van der Waals surface area contributed by atoms with Crippen LogP contribution in [0.2, 0.25) is 0 Å². The van der Waals surface area contributed by atoms with Gasteiger partial charge in [0, 0.05) is 24.8 Å². The minimum absolute atomic E-state index is 0.833. The first-order chi connectivity index (χ1) is 22.4. The maximum absolute atomic E-state index is 3.78. The molecule has 2 heterocycles. The number of hydrogen-bond acceptors (Lipinski definition) is 3. The number of aromatic nitrogens is 3. The summed E-state index contributed by atoms with van der Waals surface area (Å²) in [7, 11) is 0. The second kappa shape index (κ2) is 75.0. The highest BCUT2D eigenvalue weighted by molar-refractivity contribution is 4.99. The third-order valence-electron chi connectivity index (χ3n) is 1.71. The molecule has 3 rings (SSSR count). The monoisotopic (exact) mass is 676 g/mol. The molecule has 0 bridgehead atoms. The van der Waals surface area contributed by atoms with Gasteiger partial charge in [0.25, 0.3) is 0 Å². The lowest BCUT2D eigenvalue weighted by atomic mass is 10.3. The Bertz CT molecular complexity index is 493. The minimum Gasteiger partial charge on any atom is -0.265 e. The predicted molar refractivity (Wildman–Crippen MR) is 230 cm³/mol. The Morgan fingerprint density at radius 2 is 0.375 bits per heavy atom. The van der Waals surface area contributed by atoms with Crippen LogP contribution in [0.1, 0.15) is 166 Å². The number of pyridine rings is 1. The van der Waals surface area contributed by atoms with E-state index in [1.807, 2.05) is 96.1 Å². The van der Waals surface area contributed by atoms with Crippen molar-refractivity contribution in [3.8, 4) is 0 Å². The molecule has 3 heteroatoms. The van der Waals surface area contributed by atoms with Crippen molar-refractivity contribution in [1.82, 2.24) is 15.0 Å². The molecule has 48 heavy (non-hydrogen) atoms. The third kappa shape index (κ3) is 328. The predicted octanol–water partition coefficient (Wildman–Crippen LogP) is 16.3. The first-order valence-corrected chi connectivity index (χ1v) is 18.9. The molecule has 0 saturated heterocycles. The zero-order chi connectivity index (χ0) is 40.2. The van der Waals surface area contributed by atoms with Crippen molar-refractivity contribution >= 4 is 0 Å². The largest absolute Gasteiger partial charge is 0.265 e.